The molecule has 0 atom stereocenters. The molecule has 12 heteroatoms. The van der Waals surface area contributed by atoms with E-state index in [1.807, 2.05) is 0 Å². The van der Waals surface area contributed by atoms with Crippen LogP contribution < -0.4 is 10.3 Å². The summed E-state index contributed by atoms with van der Waals surface area (Å²) >= 11 is 0. The first-order chi connectivity index (χ1) is 13.6. The van der Waals surface area contributed by atoms with Crippen LogP contribution >= 0.6 is 0 Å². The average molecular weight is 424 g/mol. The highest BCUT2D eigenvalue weighted by Crippen LogP contribution is 2.31. The molecule has 2 heterocycles. The Morgan fingerprint density at radius 1 is 1.10 bits per heavy atom. The molecule has 29 heavy (non-hydrogen) atoms. The highest BCUT2D eigenvalue weighted by Gasteiger charge is 2.32. The first-order valence-electron chi connectivity index (χ1n) is 8.01. The Labute approximate surface area is 160 Å². The van der Waals surface area contributed by atoms with Gasteiger partial charge in [-0.15, -0.1) is 5.10 Å². The number of aromatic nitrogens is 4. The second kappa shape index (κ2) is 6.30. The van der Waals surface area contributed by atoms with Crippen molar-refractivity contribution < 1.29 is 26.3 Å². The third-order valence-electron chi connectivity index (χ3n) is 4.30. The lowest BCUT2D eigenvalue weighted by molar-refractivity contribution is -0.137. The lowest BCUT2D eigenvalue weighted by atomic mass is 10.2. The van der Waals surface area contributed by atoms with Crippen LogP contribution in [-0.4, -0.2) is 35.3 Å². The van der Waals surface area contributed by atoms with Gasteiger partial charge in [-0.2, -0.15) is 17.7 Å². The van der Waals surface area contributed by atoms with E-state index in [9.17, 15) is 26.4 Å². The zero-order valence-corrected chi connectivity index (χ0v) is 15.4. The lowest BCUT2D eigenvalue weighted by Crippen LogP contribution is -2.12. The summed E-state index contributed by atoms with van der Waals surface area (Å²) in [7, 11) is -2.92. The van der Waals surface area contributed by atoms with Crippen LogP contribution in [0.1, 0.15) is 5.56 Å². The number of methoxy groups -OCH3 is 1. The largest absolute Gasteiger partial charge is 0.497 e. The quantitative estimate of drug-likeness (QED) is 0.542. The summed E-state index contributed by atoms with van der Waals surface area (Å²) in [5, 5.41) is 7.09. The SMILES string of the molecule is COc1ccc2c(=O)[nH]c3c(S(=O)(=O)c4ccc(C(F)(F)F)cc4)nnn3c2c1. The van der Waals surface area contributed by atoms with Gasteiger partial charge in [-0.25, -0.2) is 8.42 Å². The maximum atomic E-state index is 12.9. The van der Waals surface area contributed by atoms with Crippen molar-refractivity contribution in [2.24, 2.45) is 0 Å². The number of benzene rings is 2. The van der Waals surface area contributed by atoms with Crippen LogP contribution in [0, 0.1) is 0 Å². The first-order valence-corrected chi connectivity index (χ1v) is 9.49. The number of hydrogen-bond acceptors (Lipinski definition) is 6. The van der Waals surface area contributed by atoms with Crippen LogP contribution in [0.3, 0.4) is 0 Å². The van der Waals surface area contributed by atoms with Crippen LogP contribution in [0.2, 0.25) is 0 Å². The van der Waals surface area contributed by atoms with Crippen molar-refractivity contribution in [3.05, 3.63) is 58.4 Å². The highest BCUT2D eigenvalue weighted by atomic mass is 32.2. The number of halogens is 3. The van der Waals surface area contributed by atoms with Gasteiger partial charge in [-0.3, -0.25) is 4.79 Å². The summed E-state index contributed by atoms with van der Waals surface area (Å²) in [5.74, 6) is 0.409. The van der Waals surface area contributed by atoms with E-state index >= 15 is 0 Å². The molecule has 2 aromatic carbocycles. The molecule has 0 saturated carbocycles. The Bertz CT molecular complexity index is 1410. The Morgan fingerprint density at radius 3 is 2.41 bits per heavy atom. The number of ether oxygens (including phenoxy) is 1. The summed E-state index contributed by atoms with van der Waals surface area (Å²) in [6, 6.07) is 7.49. The fourth-order valence-corrected chi connectivity index (χ4v) is 4.09. The standard InChI is InChI=1S/C17H11F3N4O4S/c1-28-10-4-7-12-13(8-10)24-14(21-15(12)25)16(22-23-24)29(26,27)11-5-2-9(3-6-11)17(18,19)20/h2-8H,1H3,(H,21,25). The number of H-pyrrole nitrogens is 1. The molecule has 0 saturated heterocycles. The molecule has 0 aliphatic rings. The Balaban J connectivity index is 1.93. The summed E-state index contributed by atoms with van der Waals surface area (Å²) in [6.07, 6.45) is -4.60. The molecule has 150 valence electrons. The predicted molar refractivity (Wildman–Crippen MR) is 94.6 cm³/mol. The minimum absolute atomic E-state index is 0.212. The van der Waals surface area contributed by atoms with Crippen LogP contribution in [0.25, 0.3) is 16.6 Å². The number of rotatable bonds is 3. The normalized spacial score (nSPS) is 12.6. The molecule has 0 aliphatic heterocycles. The van der Waals surface area contributed by atoms with Gasteiger partial charge in [0.2, 0.25) is 14.9 Å². The summed E-state index contributed by atoms with van der Waals surface area (Å²) < 4.78 is 70.2. The molecular formula is C17H11F3N4O4S. The Hall–Kier alpha value is -3.41. The minimum Gasteiger partial charge on any atom is -0.497 e. The Morgan fingerprint density at radius 2 is 1.79 bits per heavy atom. The average Bonchev–Trinajstić information content (AvgIpc) is 3.12. The number of nitrogens with zero attached hydrogens (tertiary/aromatic N) is 3. The number of sulfone groups is 1. The molecule has 0 amide bonds. The van der Waals surface area contributed by atoms with Gasteiger partial charge in [0.25, 0.3) is 5.56 Å². The topological polar surface area (TPSA) is 106 Å². The molecule has 0 fully saturated rings. The minimum atomic E-state index is -4.60. The van der Waals surface area contributed by atoms with E-state index in [1.165, 1.54) is 19.2 Å². The van der Waals surface area contributed by atoms with E-state index in [2.05, 4.69) is 15.3 Å². The molecule has 1 N–H and O–H groups in total. The number of alkyl halides is 3. The van der Waals surface area contributed by atoms with E-state index in [4.69, 9.17) is 4.74 Å². The summed E-state index contributed by atoms with van der Waals surface area (Å²) in [6.45, 7) is 0. The molecule has 0 unspecified atom stereocenters. The Kier molecular flexibility index (Phi) is 4.12. The van der Waals surface area contributed by atoms with Crippen LogP contribution in [0.5, 0.6) is 5.75 Å². The van der Waals surface area contributed by atoms with Gasteiger partial charge in [0.15, 0.2) is 5.65 Å². The van der Waals surface area contributed by atoms with Crippen LogP contribution in [-0.2, 0) is 16.0 Å². The van der Waals surface area contributed by atoms with E-state index in [1.54, 1.807) is 6.07 Å². The van der Waals surface area contributed by atoms with Gasteiger partial charge in [0.05, 0.1) is 28.5 Å². The fraction of sp³-hybridized carbons (Fsp3) is 0.118. The van der Waals surface area contributed by atoms with Crippen molar-refractivity contribution in [2.75, 3.05) is 7.11 Å². The molecule has 4 rings (SSSR count). The van der Waals surface area contributed by atoms with Crippen molar-refractivity contribution >= 4 is 26.4 Å². The molecule has 0 spiro atoms. The fourth-order valence-electron chi connectivity index (χ4n) is 2.84. The van der Waals surface area contributed by atoms with E-state index in [-0.39, 0.29) is 16.6 Å². The van der Waals surface area contributed by atoms with Crippen LogP contribution in [0.15, 0.2) is 57.2 Å². The van der Waals surface area contributed by atoms with Crippen molar-refractivity contribution in [1.29, 1.82) is 0 Å². The third-order valence-corrected chi connectivity index (χ3v) is 5.97. The number of hydrogen-bond donors (Lipinski definition) is 1. The second-order valence-electron chi connectivity index (χ2n) is 6.02. The highest BCUT2D eigenvalue weighted by molar-refractivity contribution is 7.91. The number of aromatic amines is 1. The van der Waals surface area contributed by atoms with Gasteiger partial charge in [0, 0.05) is 6.07 Å². The molecule has 0 aliphatic carbocycles. The second-order valence-corrected chi connectivity index (χ2v) is 7.88. The number of fused-ring (bicyclic) bond motifs is 3. The maximum Gasteiger partial charge on any atom is 0.416 e. The summed E-state index contributed by atoms with van der Waals surface area (Å²) in [5.41, 5.74) is -1.53. The van der Waals surface area contributed by atoms with Crippen molar-refractivity contribution in [2.45, 2.75) is 16.1 Å². The molecular weight excluding hydrogens is 413 g/mol. The molecule has 2 aromatic heterocycles. The molecule has 8 nitrogen and oxygen atoms in total. The van der Waals surface area contributed by atoms with Gasteiger partial charge in [-0.1, -0.05) is 5.21 Å². The maximum absolute atomic E-state index is 12.9. The third kappa shape index (κ3) is 3.01. The van der Waals surface area contributed by atoms with Gasteiger partial charge >= 0.3 is 6.18 Å². The van der Waals surface area contributed by atoms with Crippen molar-refractivity contribution in [3.63, 3.8) is 0 Å². The van der Waals surface area contributed by atoms with Crippen molar-refractivity contribution in [3.8, 4) is 5.75 Å². The lowest BCUT2D eigenvalue weighted by Gasteiger charge is -2.07. The first kappa shape index (κ1) is 18.9. The van der Waals surface area contributed by atoms with Crippen LogP contribution in [0.4, 0.5) is 13.2 Å². The van der Waals surface area contributed by atoms with Gasteiger partial charge in [0.1, 0.15) is 5.75 Å². The molecule has 4 aromatic rings. The zero-order valence-electron chi connectivity index (χ0n) is 14.6. The van der Waals surface area contributed by atoms with Crippen molar-refractivity contribution in [1.82, 2.24) is 19.8 Å². The molecule has 0 bridgehead atoms. The molecule has 0 radical (unpaired) electrons. The van der Waals surface area contributed by atoms with E-state index < -0.39 is 37.1 Å². The van der Waals surface area contributed by atoms with Gasteiger partial charge < -0.3 is 9.72 Å². The van der Waals surface area contributed by atoms with Gasteiger partial charge in [-0.05, 0) is 36.4 Å². The number of nitrogens with one attached hydrogen (secondary N) is 1. The van der Waals surface area contributed by atoms with E-state index in [0.717, 1.165) is 16.6 Å². The smallest absolute Gasteiger partial charge is 0.416 e. The monoisotopic (exact) mass is 424 g/mol. The predicted octanol–water partition coefficient (Wildman–Crippen LogP) is 2.43. The zero-order chi connectivity index (χ0) is 21.0. The summed E-state index contributed by atoms with van der Waals surface area (Å²) in [4.78, 5) is 14.4. The van der Waals surface area contributed by atoms with E-state index in [0.29, 0.717) is 17.9 Å².